The second-order valence-electron chi connectivity index (χ2n) is 13.9. The van der Waals surface area contributed by atoms with Crippen molar-refractivity contribution in [2.45, 2.75) is 75.5 Å². The molecule has 7 nitrogen and oxygen atoms in total. The molecule has 2 heterocycles. The van der Waals surface area contributed by atoms with E-state index in [0.29, 0.717) is 63.0 Å². The van der Waals surface area contributed by atoms with E-state index in [4.69, 9.17) is 0 Å². The van der Waals surface area contributed by atoms with Crippen LogP contribution in [0.1, 0.15) is 73.7 Å². The Labute approximate surface area is 269 Å². The molecule has 12 heteroatoms. The largest absolute Gasteiger partial charge is 0.456 e. The lowest BCUT2D eigenvalue weighted by Gasteiger charge is -2.56. The quantitative estimate of drug-likeness (QED) is 0.391. The molecular formula is C35H37F5N4O3. The minimum atomic E-state index is -5.90. The van der Waals surface area contributed by atoms with Crippen LogP contribution in [0.15, 0.2) is 65.7 Å². The number of piperazine rings is 1. The number of allylic oxidation sites excluding steroid dienone is 4. The molecule has 1 N–H and O–H groups in total. The van der Waals surface area contributed by atoms with E-state index < -0.39 is 41.4 Å². The summed E-state index contributed by atoms with van der Waals surface area (Å²) in [6.45, 7) is 3.56. The van der Waals surface area contributed by atoms with Crippen LogP contribution in [0.5, 0.6) is 0 Å². The van der Waals surface area contributed by atoms with Crippen LogP contribution in [0, 0.1) is 17.3 Å². The lowest BCUT2D eigenvalue weighted by atomic mass is 9.50. The van der Waals surface area contributed by atoms with E-state index in [-0.39, 0.29) is 30.4 Å². The molecule has 2 saturated carbocycles. The molecule has 4 aliphatic carbocycles. The summed E-state index contributed by atoms with van der Waals surface area (Å²) in [7, 11) is 0. The summed E-state index contributed by atoms with van der Waals surface area (Å²) in [4.78, 5) is 38.0. The highest BCUT2D eigenvalue weighted by Crippen LogP contribution is 2.70. The van der Waals surface area contributed by atoms with Gasteiger partial charge in [0.25, 0.3) is 5.91 Å². The minimum absolute atomic E-state index is 0.0282. The van der Waals surface area contributed by atoms with E-state index in [2.05, 4.69) is 14.9 Å². The highest BCUT2D eigenvalue weighted by Gasteiger charge is 2.79. The van der Waals surface area contributed by atoms with Crippen LogP contribution < -0.4 is 4.90 Å². The zero-order valence-corrected chi connectivity index (χ0v) is 26.1. The van der Waals surface area contributed by atoms with Gasteiger partial charge in [-0.25, -0.2) is 4.98 Å². The molecule has 2 unspecified atom stereocenters. The van der Waals surface area contributed by atoms with Crippen LogP contribution in [-0.4, -0.2) is 75.5 Å². The molecule has 1 saturated heterocycles. The fourth-order valence-electron chi connectivity index (χ4n) is 9.35. The van der Waals surface area contributed by atoms with Crippen molar-refractivity contribution in [2.24, 2.45) is 17.3 Å². The van der Waals surface area contributed by atoms with Crippen LogP contribution in [0.4, 0.5) is 27.8 Å². The number of rotatable bonds is 4. The van der Waals surface area contributed by atoms with Crippen LogP contribution in [0.3, 0.4) is 0 Å². The van der Waals surface area contributed by atoms with E-state index in [0.717, 1.165) is 22.5 Å². The van der Waals surface area contributed by atoms with Gasteiger partial charge in [0.15, 0.2) is 5.78 Å². The molecule has 0 bridgehead atoms. The molecule has 7 rings (SSSR count). The number of aliphatic hydroxyl groups is 1. The number of carbonyl (C=O) groups is 2. The van der Waals surface area contributed by atoms with Crippen molar-refractivity contribution < 1.29 is 36.6 Å². The van der Waals surface area contributed by atoms with Crippen molar-refractivity contribution in [1.82, 2.24) is 14.9 Å². The maximum absolute atomic E-state index is 15.3. The van der Waals surface area contributed by atoms with Gasteiger partial charge in [-0.2, -0.15) is 22.0 Å². The Morgan fingerprint density at radius 1 is 0.979 bits per heavy atom. The number of alkyl halides is 5. The van der Waals surface area contributed by atoms with Crippen molar-refractivity contribution in [3.63, 3.8) is 0 Å². The van der Waals surface area contributed by atoms with E-state index >= 15 is 8.78 Å². The number of hydrogen-bond acceptors (Lipinski definition) is 6. The lowest BCUT2D eigenvalue weighted by Crippen LogP contribution is -2.65. The van der Waals surface area contributed by atoms with Gasteiger partial charge in [0, 0.05) is 61.9 Å². The third-order valence-corrected chi connectivity index (χ3v) is 11.8. The highest BCUT2D eigenvalue weighted by molar-refractivity contribution is 5.94. The van der Waals surface area contributed by atoms with E-state index in [1.807, 2.05) is 0 Å². The second kappa shape index (κ2) is 11.2. The Bertz CT molecular complexity index is 1630. The fraction of sp³-hybridized carbons (Fsp3) is 0.543. The molecule has 47 heavy (non-hydrogen) atoms. The van der Waals surface area contributed by atoms with Gasteiger partial charge < -0.3 is 14.9 Å². The molecule has 5 atom stereocenters. The molecule has 2 aromatic rings. The first-order valence-electron chi connectivity index (χ1n) is 16.3. The van der Waals surface area contributed by atoms with E-state index in [9.17, 15) is 27.9 Å². The number of amides is 1. The molecule has 5 aliphatic rings. The third kappa shape index (κ3) is 4.92. The SMILES string of the molecule is CC12C[C@H](c3ccc(C(=O)N4CCN(c5cnccn5)CC4)cc3)C3=C4CCC(=O)C=C4CCC3[C@@H]1CC[C@@]2(O)C(F)(F)C(F)(F)F. The molecule has 0 spiro atoms. The fourth-order valence-corrected chi connectivity index (χ4v) is 9.35. The first-order chi connectivity index (χ1) is 22.2. The zero-order valence-electron chi connectivity index (χ0n) is 26.1. The summed E-state index contributed by atoms with van der Waals surface area (Å²) in [6.07, 6.45) is 1.83. The van der Waals surface area contributed by atoms with Crippen molar-refractivity contribution in [3.8, 4) is 0 Å². The van der Waals surface area contributed by atoms with Crippen LogP contribution in [0.2, 0.25) is 0 Å². The first-order valence-corrected chi connectivity index (χ1v) is 16.3. The van der Waals surface area contributed by atoms with Gasteiger partial charge in [0.2, 0.25) is 0 Å². The van der Waals surface area contributed by atoms with Gasteiger partial charge in [-0.05, 0) is 85.3 Å². The predicted octanol–water partition coefficient (Wildman–Crippen LogP) is 6.27. The molecule has 0 radical (unpaired) electrons. The molecule has 250 valence electrons. The number of ketones is 1. The Balaban J connectivity index is 1.21. The summed E-state index contributed by atoms with van der Waals surface area (Å²) < 4.78 is 72.1. The number of carbonyl (C=O) groups excluding carboxylic acids is 2. The Morgan fingerprint density at radius 2 is 1.70 bits per heavy atom. The molecule has 3 fully saturated rings. The van der Waals surface area contributed by atoms with Crippen molar-refractivity contribution in [2.75, 3.05) is 31.1 Å². The van der Waals surface area contributed by atoms with Gasteiger partial charge in [-0.1, -0.05) is 24.6 Å². The smallest absolute Gasteiger partial charge is 0.383 e. The average molecular weight is 657 g/mol. The minimum Gasteiger partial charge on any atom is -0.383 e. The van der Waals surface area contributed by atoms with Gasteiger partial charge in [0.05, 0.1) is 6.20 Å². The summed E-state index contributed by atoms with van der Waals surface area (Å²) >= 11 is 0. The maximum Gasteiger partial charge on any atom is 0.456 e. The molecule has 1 amide bonds. The van der Waals surface area contributed by atoms with Crippen LogP contribution in [-0.2, 0) is 4.79 Å². The normalized spacial score (nSPS) is 31.3. The topological polar surface area (TPSA) is 86.6 Å². The third-order valence-electron chi connectivity index (χ3n) is 11.8. The first kappa shape index (κ1) is 31.9. The number of aromatic nitrogens is 2. The number of benzene rings is 1. The van der Waals surface area contributed by atoms with Crippen LogP contribution >= 0.6 is 0 Å². The Morgan fingerprint density at radius 3 is 2.36 bits per heavy atom. The number of nitrogens with zero attached hydrogens (tertiary/aromatic N) is 4. The summed E-state index contributed by atoms with van der Waals surface area (Å²) in [6, 6.07) is 6.92. The number of halogens is 5. The predicted molar refractivity (Wildman–Crippen MR) is 163 cm³/mol. The average Bonchev–Trinajstić information content (AvgIpc) is 3.35. The van der Waals surface area contributed by atoms with Crippen LogP contribution in [0.25, 0.3) is 0 Å². The summed E-state index contributed by atoms with van der Waals surface area (Å²) in [5, 5.41) is 11.5. The Hall–Kier alpha value is -3.67. The van der Waals surface area contributed by atoms with Crippen molar-refractivity contribution in [3.05, 3.63) is 76.8 Å². The monoisotopic (exact) mass is 656 g/mol. The van der Waals surface area contributed by atoms with Crippen molar-refractivity contribution >= 4 is 17.5 Å². The van der Waals surface area contributed by atoms with E-state index in [1.54, 1.807) is 53.8 Å². The number of fused-ring (bicyclic) bond motifs is 4. The summed E-state index contributed by atoms with van der Waals surface area (Å²) in [5.74, 6) is -6.10. The molecule has 1 aromatic carbocycles. The zero-order chi connectivity index (χ0) is 33.4. The molecular weight excluding hydrogens is 619 g/mol. The second-order valence-corrected chi connectivity index (χ2v) is 13.9. The summed E-state index contributed by atoms with van der Waals surface area (Å²) in [5.41, 5.74) is -0.924. The number of hydrogen-bond donors (Lipinski definition) is 1. The Kier molecular flexibility index (Phi) is 7.61. The highest BCUT2D eigenvalue weighted by atomic mass is 19.4. The molecule has 1 aromatic heterocycles. The van der Waals surface area contributed by atoms with Gasteiger partial charge in [-0.15, -0.1) is 0 Å². The number of anilines is 1. The van der Waals surface area contributed by atoms with Crippen molar-refractivity contribution in [1.29, 1.82) is 0 Å². The van der Waals surface area contributed by atoms with Gasteiger partial charge in [0.1, 0.15) is 11.4 Å². The maximum atomic E-state index is 15.3. The molecule has 1 aliphatic heterocycles. The van der Waals surface area contributed by atoms with E-state index in [1.165, 1.54) is 6.92 Å². The van der Waals surface area contributed by atoms with Gasteiger partial charge >= 0.3 is 12.1 Å². The van der Waals surface area contributed by atoms with Gasteiger partial charge in [-0.3, -0.25) is 14.6 Å². The lowest BCUT2D eigenvalue weighted by molar-refractivity contribution is -0.362. The standard InChI is InChI=1S/C35H37F5N4O3/c1-32-19-27(21-2-4-22(5-3-21)31(46)44-16-14-43(15-17-44)29-20-41-12-13-42-29)30-25-9-7-24(45)18-23(25)6-8-26(30)28(32)10-11-33(32,47)34(36,37)35(38,39)40/h2-5,12-13,18,20,26-28,47H,6-11,14-17,19H2,1H3/t26?,27-,28+,32?,33+/m1/s1.